The zero-order valence-corrected chi connectivity index (χ0v) is 13.9. The molecule has 0 spiro atoms. The molecule has 3 nitrogen and oxygen atoms in total. The lowest BCUT2D eigenvalue weighted by atomic mass is 10.1. The molecule has 0 bridgehead atoms. The second-order valence-corrected chi connectivity index (χ2v) is 7.67. The van der Waals surface area contributed by atoms with Gasteiger partial charge < -0.3 is 9.29 Å². The molecule has 112 valence electrons. The van der Waals surface area contributed by atoms with Crippen molar-refractivity contribution in [3.63, 3.8) is 0 Å². The first-order valence-electron chi connectivity index (χ1n) is 7.05. The van der Waals surface area contributed by atoms with Crippen LogP contribution in [0.1, 0.15) is 53.0 Å². The zero-order valence-electron chi connectivity index (χ0n) is 13.1. The maximum atomic E-state index is 12.0. The molecule has 1 aromatic carbocycles. The topological polar surface area (TPSA) is 44.6 Å². The summed E-state index contributed by atoms with van der Waals surface area (Å²) in [5.74, 6) is 0.868. The Morgan fingerprint density at radius 3 is 2.35 bits per heavy atom. The van der Waals surface area contributed by atoms with Crippen molar-refractivity contribution >= 4 is 17.1 Å². The highest BCUT2D eigenvalue weighted by Crippen LogP contribution is 2.19. The van der Waals surface area contributed by atoms with Crippen LogP contribution in [0.25, 0.3) is 0 Å². The number of hydrogen-bond donors (Lipinski definition) is 0. The van der Waals surface area contributed by atoms with Crippen molar-refractivity contribution in [2.75, 3.05) is 6.61 Å². The van der Waals surface area contributed by atoms with E-state index in [0.717, 1.165) is 36.5 Å². The fourth-order valence-electron chi connectivity index (χ4n) is 1.44. The van der Waals surface area contributed by atoms with Gasteiger partial charge in [0.25, 0.3) is 0 Å². The Morgan fingerprint density at radius 2 is 1.85 bits per heavy atom. The number of rotatable bonds is 6. The molecule has 20 heavy (non-hydrogen) atoms. The molecular formula is C16H25NO2S. The van der Waals surface area contributed by atoms with Crippen LogP contribution in [0.5, 0.6) is 5.75 Å². The summed E-state index contributed by atoms with van der Waals surface area (Å²) in [6.07, 6.45) is 2.19. The molecule has 1 atom stereocenters. The molecule has 1 unspecified atom stereocenters. The lowest BCUT2D eigenvalue weighted by molar-refractivity contribution is 0.309. The van der Waals surface area contributed by atoms with Gasteiger partial charge in [-0.05, 0) is 58.4 Å². The van der Waals surface area contributed by atoms with Crippen molar-refractivity contribution in [3.8, 4) is 5.75 Å². The van der Waals surface area contributed by atoms with Gasteiger partial charge in [0, 0.05) is 5.56 Å². The molecule has 4 heteroatoms. The Bertz CT molecular complexity index is 435. The summed E-state index contributed by atoms with van der Waals surface area (Å²) < 4.78 is 21.5. The Labute approximate surface area is 125 Å². The number of unbranched alkanes of at least 4 members (excludes halogenated alkanes) is 1. The van der Waals surface area contributed by atoms with Gasteiger partial charge in [-0.15, -0.1) is 0 Å². The molecule has 0 fully saturated rings. The fraction of sp³-hybridized carbons (Fsp3) is 0.562. The van der Waals surface area contributed by atoms with Crippen LogP contribution in [0.2, 0.25) is 0 Å². The third-order valence-corrected chi connectivity index (χ3v) is 4.27. The van der Waals surface area contributed by atoms with Gasteiger partial charge in [-0.1, -0.05) is 17.7 Å². The average Bonchev–Trinajstić information content (AvgIpc) is 2.38. The minimum atomic E-state index is -1.22. The van der Waals surface area contributed by atoms with Gasteiger partial charge in [0.1, 0.15) is 21.9 Å². The summed E-state index contributed by atoms with van der Waals surface area (Å²) in [6.45, 7) is 10.5. The van der Waals surface area contributed by atoms with Gasteiger partial charge >= 0.3 is 0 Å². The molecule has 0 saturated carbocycles. The predicted molar refractivity (Wildman–Crippen MR) is 87.0 cm³/mol. The van der Waals surface area contributed by atoms with Crippen molar-refractivity contribution < 1.29 is 9.29 Å². The van der Waals surface area contributed by atoms with Gasteiger partial charge in [0.15, 0.2) is 0 Å². The maximum absolute atomic E-state index is 12.0. The molecule has 0 heterocycles. The van der Waals surface area contributed by atoms with Crippen molar-refractivity contribution in [1.82, 2.24) is 0 Å². The average molecular weight is 295 g/mol. The standard InChI is InChI=1S/C16H25NO2S/c1-6-7-12-19-15-10-8-14(9-11-15)13(2)17-20(18)16(3,4)5/h8-11H,6-7,12H2,1-5H3/b17-13+. The van der Waals surface area contributed by atoms with Gasteiger partial charge in [0.05, 0.1) is 12.3 Å². The van der Waals surface area contributed by atoms with Crippen molar-refractivity contribution in [2.24, 2.45) is 4.40 Å². The van der Waals surface area contributed by atoms with Crippen LogP contribution in [-0.4, -0.2) is 21.6 Å². The van der Waals surface area contributed by atoms with E-state index in [4.69, 9.17) is 4.74 Å². The van der Waals surface area contributed by atoms with E-state index in [2.05, 4.69) is 11.3 Å². The lowest BCUT2D eigenvalue weighted by Gasteiger charge is -2.18. The van der Waals surface area contributed by atoms with E-state index >= 15 is 0 Å². The molecule has 0 aromatic heterocycles. The van der Waals surface area contributed by atoms with E-state index < -0.39 is 11.4 Å². The number of ether oxygens (including phenoxy) is 1. The smallest absolute Gasteiger partial charge is 0.144 e. The zero-order chi connectivity index (χ0) is 15.2. The van der Waals surface area contributed by atoms with Crippen LogP contribution in [0.3, 0.4) is 0 Å². The fourth-order valence-corrected chi connectivity index (χ4v) is 2.07. The summed E-state index contributed by atoms with van der Waals surface area (Å²) in [4.78, 5) is 0. The molecule has 0 amide bonds. The molecule has 0 N–H and O–H groups in total. The van der Waals surface area contributed by atoms with E-state index in [1.165, 1.54) is 0 Å². The second kappa shape index (κ2) is 7.70. The van der Waals surface area contributed by atoms with E-state index in [0.29, 0.717) is 0 Å². The highest BCUT2D eigenvalue weighted by atomic mass is 32.2. The molecule has 0 aliphatic heterocycles. The van der Waals surface area contributed by atoms with Crippen LogP contribution in [0, 0.1) is 0 Å². The van der Waals surface area contributed by atoms with Crippen molar-refractivity contribution in [2.45, 2.75) is 52.2 Å². The normalized spacial score (nSPS) is 14.2. The summed E-state index contributed by atoms with van der Waals surface area (Å²) in [5, 5.41) is 0. The molecule has 0 radical (unpaired) electrons. The minimum absolute atomic E-state index is 0.329. The largest absolute Gasteiger partial charge is 0.591 e. The van der Waals surface area contributed by atoms with Gasteiger partial charge in [-0.25, -0.2) is 0 Å². The van der Waals surface area contributed by atoms with Gasteiger partial charge in [-0.3, -0.25) is 0 Å². The quantitative estimate of drug-likeness (QED) is 0.450. The van der Waals surface area contributed by atoms with E-state index in [1.807, 2.05) is 52.0 Å². The molecule has 0 aliphatic rings. The highest BCUT2D eigenvalue weighted by Gasteiger charge is 2.26. The van der Waals surface area contributed by atoms with Crippen LogP contribution in [-0.2, 0) is 11.4 Å². The van der Waals surface area contributed by atoms with E-state index in [9.17, 15) is 4.55 Å². The molecule has 0 saturated heterocycles. The third kappa shape index (κ3) is 5.55. The second-order valence-electron chi connectivity index (χ2n) is 5.76. The third-order valence-electron chi connectivity index (χ3n) is 2.78. The van der Waals surface area contributed by atoms with Crippen LogP contribution in [0.15, 0.2) is 28.7 Å². The van der Waals surface area contributed by atoms with Crippen LogP contribution < -0.4 is 4.74 Å². The predicted octanol–water partition coefficient (Wildman–Crippen LogP) is 4.14. The van der Waals surface area contributed by atoms with Crippen molar-refractivity contribution in [3.05, 3.63) is 29.8 Å². The summed E-state index contributed by atoms with van der Waals surface area (Å²) >= 11 is -1.22. The first kappa shape index (κ1) is 17.1. The first-order valence-corrected chi connectivity index (χ1v) is 8.15. The highest BCUT2D eigenvalue weighted by molar-refractivity contribution is 7.91. The van der Waals surface area contributed by atoms with E-state index in [-0.39, 0.29) is 4.75 Å². The lowest BCUT2D eigenvalue weighted by Crippen LogP contribution is -2.26. The number of hydrogen-bond acceptors (Lipinski definition) is 3. The van der Waals surface area contributed by atoms with Crippen molar-refractivity contribution in [1.29, 1.82) is 0 Å². The number of benzene rings is 1. The summed E-state index contributed by atoms with van der Waals surface area (Å²) in [5.41, 5.74) is 1.77. The Balaban J connectivity index is 2.70. The maximum Gasteiger partial charge on any atom is 0.144 e. The number of nitrogens with zero attached hydrogens (tertiary/aromatic N) is 1. The summed E-state index contributed by atoms with van der Waals surface area (Å²) in [6, 6.07) is 7.79. The van der Waals surface area contributed by atoms with E-state index in [1.54, 1.807) is 0 Å². The monoisotopic (exact) mass is 295 g/mol. The first-order chi connectivity index (χ1) is 9.34. The molecular weight excluding hydrogens is 270 g/mol. The Hall–Kier alpha value is -1.00. The van der Waals surface area contributed by atoms with Crippen LogP contribution >= 0.6 is 0 Å². The molecule has 1 aromatic rings. The Morgan fingerprint density at radius 1 is 1.25 bits per heavy atom. The van der Waals surface area contributed by atoms with Gasteiger partial charge in [0.2, 0.25) is 0 Å². The van der Waals surface area contributed by atoms with Crippen LogP contribution in [0.4, 0.5) is 0 Å². The molecule has 0 aliphatic carbocycles. The minimum Gasteiger partial charge on any atom is -0.591 e. The van der Waals surface area contributed by atoms with Gasteiger partial charge in [-0.2, -0.15) is 0 Å². The molecule has 1 rings (SSSR count). The summed E-state index contributed by atoms with van der Waals surface area (Å²) in [7, 11) is 0. The Kier molecular flexibility index (Phi) is 6.56. The SMILES string of the molecule is CCCCOc1ccc(/C(C)=N/[S+]([O-])C(C)(C)C)cc1.